The van der Waals surface area contributed by atoms with Gasteiger partial charge in [-0.2, -0.15) is 0 Å². The average molecular weight is 326 g/mol. The lowest BCUT2D eigenvalue weighted by Crippen LogP contribution is -2.25. The van der Waals surface area contributed by atoms with Gasteiger partial charge in [-0.1, -0.05) is 18.2 Å². The van der Waals surface area contributed by atoms with Gasteiger partial charge in [-0.05, 0) is 36.2 Å². The molecule has 0 radical (unpaired) electrons. The van der Waals surface area contributed by atoms with Gasteiger partial charge in [0.1, 0.15) is 11.5 Å². The minimum Gasteiger partial charge on any atom is -0.496 e. The van der Waals surface area contributed by atoms with Crippen LogP contribution in [0.25, 0.3) is 0 Å². The summed E-state index contributed by atoms with van der Waals surface area (Å²) in [5.41, 5.74) is 2.17. The molecule has 124 valence electrons. The van der Waals surface area contributed by atoms with Crippen molar-refractivity contribution in [3.8, 4) is 11.5 Å². The van der Waals surface area contributed by atoms with Crippen LogP contribution in [0.2, 0.25) is 0 Å². The molecule has 6 nitrogen and oxygen atoms in total. The Morgan fingerprint density at radius 1 is 1.29 bits per heavy atom. The molecule has 24 heavy (non-hydrogen) atoms. The molecule has 2 aromatic carbocycles. The number of ether oxygens (including phenoxy) is 2. The van der Waals surface area contributed by atoms with Crippen molar-refractivity contribution in [2.45, 2.75) is 12.8 Å². The Bertz CT molecular complexity index is 773. The highest BCUT2D eigenvalue weighted by atomic mass is 16.5. The van der Waals surface area contributed by atoms with Gasteiger partial charge in [-0.3, -0.25) is 9.59 Å². The maximum Gasteiger partial charge on any atom is 0.262 e. The van der Waals surface area contributed by atoms with Gasteiger partial charge in [-0.15, -0.1) is 0 Å². The molecule has 0 unspecified atom stereocenters. The van der Waals surface area contributed by atoms with Gasteiger partial charge in [0.25, 0.3) is 5.91 Å². The first-order valence-electron chi connectivity index (χ1n) is 7.64. The van der Waals surface area contributed by atoms with Gasteiger partial charge in [0.15, 0.2) is 6.61 Å². The molecule has 0 fully saturated rings. The van der Waals surface area contributed by atoms with Crippen LogP contribution in [0.5, 0.6) is 11.5 Å². The molecule has 3 rings (SSSR count). The third-order valence-corrected chi connectivity index (χ3v) is 3.71. The highest BCUT2D eigenvalue weighted by molar-refractivity contribution is 5.97. The van der Waals surface area contributed by atoms with Gasteiger partial charge < -0.3 is 20.1 Å². The Balaban J connectivity index is 1.61. The number of carbonyl (C=O) groups is 2. The molecule has 2 aromatic rings. The van der Waals surface area contributed by atoms with Crippen molar-refractivity contribution in [3.05, 3.63) is 48.0 Å². The summed E-state index contributed by atoms with van der Waals surface area (Å²) in [6.07, 6.45) is 0.918. The minimum atomic E-state index is -0.206. The SMILES string of the molecule is COc1ccccc1CCC(=O)Nc1ccc2c(c1)NC(=O)CO2. The van der Waals surface area contributed by atoms with Gasteiger partial charge in [0, 0.05) is 12.1 Å². The lowest BCUT2D eigenvalue weighted by Gasteiger charge is -2.18. The standard InChI is InChI=1S/C18H18N2O4/c1-23-15-5-3-2-4-12(15)6-9-17(21)19-13-7-8-16-14(10-13)20-18(22)11-24-16/h2-5,7-8,10H,6,9,11H2,1H3,(H,19,21)(H,20,22). The van der Waals surface area contributed by atoms with E-state index in [1.54, 1.807) is 25.3 Å². The minimum absolute atomic E-state index is 0.0115. The van der Waals surface area contributed by atoms with Crippen molar-refractivity contribution in [2.75, 3.05) is 24.4 Å². The van der Waals surface area contributed by atoms with Crippen molar-refractivity contribution >= 4 is 23.2 Å². The summed E-state index contributed by atoms with van der Waals surface area (Å²) in [6, 6.07) is 12.8. The molecule has 2 N–H and O–H groups in total. The van der Waals surface area contributed by atoms with E-state index in [1.165, 1.54) is 0 Å². The second-order valence-electron chi connectivity index (χ2n) is 5.41. The second kappa shape index (κ2) is 7.04. The Morgan fingerprint density at radius 3 is 2.96 bits per heavy atom. The van der Waals surface area contributed by atoms with Crippen LogP contribution in [0.4, 0.5) is 11.4 Å². The Labute approximate surface area is 139 Å². The number of fused-ring (bicyclic) bond motifs is 1. The Hall–Kier alpha value is -3.02. The van der Waals surface area contributed by atoms with Gasteiger partial charge in [0.05, 0.1) is 12.8 Å². The quantitative estimate of drug-likeness (QED) is 0.885. The number of aryl methyl sites for hydroxylation is 1. The molecule has 1 aliphatic heterocycles. The number of methoxy groups -OCH3 is 1. The Morgan fingerprint density at radius 2 is 2.12 bits per heavy atom. The number of nitrogens with one attached hydrogen (secondary N) is 2. The molecule has 0 aromatic heterocycles. The van der Waals surface area contributed by atoms with E-state index in [2.05, 4.69) is 10.6 Å². The van der Waals surface area contributed by atoms with Gasteiger partial charge in [0.2, 0.25) is 5.91 Å². The van der Waals surface area contributed by atoms with Crippen LogP contribution >= 0.6 is 0 Å². The summed E-state index contributed by atoms with van der Waals surface area (Å²) in [5, 5.41) is 5.54. The number of hydrogen-bond acceptors (Lipinski definition) is 4. The fraction of sp³-hybridized carbons (Fsp3) is 0.222. The molecule has 0 aliphatic carbocycles. The first-order chi connectivity index (χ1) is 11.7. The molecule has 0 atom stereocenters. The van der Waals surface area contributed by atoms with E-state index in [-0.39, 0.29) is 18.4 Å². The predicted octanol–water partition coefficient (Wildman–Crippen LogP) is 2.60. The summed E-state index contributed by atoms with van der Waals surface area (Å²) in [7, 11) is 1.61. The van der Waals surface area contributed by atoms with Crippen molar-refractivity contribution in [1.82, 2.24) is 0 Å². The molecular weight excluding hydrogens is 308 g/mol. The van der Waals surface area contributed by atoms with E-state index in [9.17, 15) is 9.59 Å². The summed E-state index contributed by atoms with van der Waals surface area (Å²) >= 11 is 0. The maximum absolute atomic E-state index is 12.1. The molecule has 1 heterocycles. The van der Waals surface area contributed by atoms with E-state index in [0.29, 0.717) is 30.0 Å². The summed E-state index contributed by atoms with van der Waals surface area (Å²) < 4.78 is 10.6. The predicted molar refractivity (Wildman–Crippen MR) is 90.5 cm³/mol. The topological polar surface area (TPSA) is 76.7 Å². The van der Waals surface area contributed by atoms with Crippen LogP contribution in [0.15, 0.2) is 42.5 Å². The molecule has 6 heteroatoms. The molecule has 0 saturated carbocycles. The van der Waals surface area contributed by atoms with Crippen molar-refractivity contribution in [3.63, 3.8) is 0 Å². The third kappa shape index (κ3) is 3.65. The van der Waals surface area contributed by atoms with E-state index in [0.717, 1.165) is 11.3 Å². The zero-order valence-electron chi connectivity index (χ0n) is 13.3. The molecule has 1 aliphatic rings. The highest BCUT2D eigenvalue weighted by Crippen LogP contribution is 2.30. The lowest BCUT2D eigenvalue weighted by atomic mass is 10.1. The van der Waals surface area contributed by atoms with Crippen LogP contribution in [-0.4, -0.2) is 25.5 Å². The van der Waals surface area contributed by atoms with Crippen LogP contribution < -0.4 is 20.1 Å². The number of para-hydroxylation sites is 1. The number of rotatable bonds is 5. The molecule has 2 amide bonds. The normalized spacial score (nSPS) is 12.6. The summed E-state index contributed by atoms with van der Waals surface area (Å²) in [6.45, 7) is 0.0115. The average Bonchev–Trinajstić information content (AvgIpc) is 2.60. The first kappa shape index (κ1) is 15.9. The number of hydrogen-bond donors (Lipinski definition) is 2. The fourth-order valence-corrected chi connectivity index (χ4v) is 2.54. The molecule has 0 bridgehead atoms. The Kier molecular flexibility index (Phi) is 4.65. The number of anilines is 2. The monoisotopic (exact) mass is 326 g/mol. The zero-order valence-corrected chi connectivity index (χ0v) is 13.3. The largest absolute Gasteiger partial charge is 0.496 e. The fourth-order valence-electron chi connectivity index (χ4n) is 2.54. The number of benzene rings is 2. The van der Waals surface area contributed by atoms with Crippen molar-refractivity contribution < 1.29 is 19.1 Å². The van der Waals surface area contributed by atoms with Crippen LogP contribution in [0.1, 0.15) is 12.0 Å². The van der Waals surface area contributed by atoms with Gasteiger partial charge >= 0.3 is 0 Å². The third-order valence-electron chi connectivity index (χ3n) is 3.71. The summed E-state index contributed by atoms with van der Waals surface area (Å²) in [4.78, 5) is 23.5. The van der Waals surface area contributed by atoms with E-state index in [4.69, 9.17) is 9.47 Å². The molecular formula is C18H18N2O4. The van der Waals surface area contributed by atoms with Crippen molar-refractivity contribution in [2.24, 2.45) is 0 Å². The molecule has 0 saturated heterocycles. The highest BCUT2D eigenvalue weighted by Gasteiger charge is 2.16. The van der Waals surface area contributed by atoms with Crippen LogP contribution in [0, 0.1) is 0 Å². The van der Waals surface area contributed by atoms with Crippen molar-refractivity contribution in [1.29, 1.82) is 0 Å². The lowest BCUT2D eigenvalue weighted by molar-refractivity contribution is -0.118. The second-order valence-corrected chi connectivity index (χ2v) is 5.41. The smallest absolute Gasteiger partial charge is 0.262 e. The zero-order chi connectivity index (χ0) is 16.9. The maximum atomic E-state index is 12.1. The first-order valence-corrected chi connectivity index (χ1v) is 7.64. The van der Waals surface area contributed by atoms with E-state index >= 15 is 0 Å². The van der Waals surface area contributed by atoms with Crippen LogP contribution in [-0.2, 0) is 16.0 Å². The van der Waals surface area contributed by atoms with E-state index in [1.807, 2.05) is 24.3 Å². The van der Waals surface area contributed by atoms with E-state index < -0.39 is 0 Å². The summed E-state index contributed by atoms with van der Waals surface area (Å²) in [5.74, 6) is 1.06. The van der Waals surface area contributed by atoms with Crippen LogP contribution in [0.3, 0.4) is 0 Å². The number of amides is 2. The molecule has 0 spiro atoms. The number of carbonyl (C=O) groups excluding carboxylic acids is 2. The van der Waals surface area contributed by atoms with Gasteiger partial charge in [-0.25, -0.2) is 0 Å².